The lowest BCUT2D eigenvalue weighted by atomic mass is 10.1. The molecule has 7 heteroatoms. The second-order valence-corrected chi connectivity index (χ2v) is 4.21. The van der Waals surface area contributed by atoms with Crippen molar-refractivity contribution in [2.45, 2.75) is 25.6 Å². The highest BCUT2D eigenvalue weighted by Gasteiger charge is 2.30. The third kappa shape index (κ3) is 3.31. The molecule has 2 aromatic rings. The highest BCUT2D eigenvalue weighted by molar-refractivity contribution is 5.27. The van der Waals surface area contributed by atoms with Crippen molar-refractivity contribution in [1.82, 2.24) is 10.1 Å². The summed E-state index contributed by atoms with van der Waals surface area (Å²) in [6, 6.07) is 4.62. The number of alkyl halides is 3. The van der Waals surface area contributed by atoms with Crippen LogP contribution in [-0.2, 0) is 12.6 Å². The van der Waals surface area contributed by atoms with Gasteiger partial charge in [0.1, 0.15) is 0 Å². The van der Waals surface area contributed by atoms with Crippen LogP contribution in [0.5, 0.6) is 0 Å². The Labute approximate surface area is 107 Å². The molecule has 0 aliphatic heterocycles. The van der Waals surface area contributed by atoms with E-state index in [2.05, 4.69) is 10.1 Å². The molecule has 1 aromatic heterocycles. The van der Waals surface area contributed by atoms with Gasteiger partial charge < -0.3 is 10.3 Å². The van der Waals surface area contributed by atoms with Crippen molar-refractivity contribution in [3.8, 4) is 0 Å². The van der Waals surface area contributed by atoms with Crippen molar-refractivity contribution < 1.29 is 17.7 Å². The minimum Gasteiger partial charge on any atom is -0.338 e. The summed E-state index contributed by atoms with van der Waals surface area (Å²) in [5.41, 5.74) is 5.33. The molecule has 0 aliphatic rings. The van der Waals surface area contributed by atoms with Crippen molar-refractivity contribution in [2.24, 2.45) is 5.73 Å². The fourth-order valence-electron chi connectivity index (χ4n) is 1.56. The van der Waals surface area contributed by atoms with Gasteiger partial charge in [0.25, 0.3) is 0 Å². The van der Waals surface area contributed by atoms with Crippen LogP contribution in [0.15, 0.2) is 28.8 Å². The fraction of sp³-hybridized carbons (Fsp3) is 0.333. The molecule has 0 saturated heterocycles. The first-order chi connectivity index (χ1) is 8.86. The van der Waals surface area contributed by atoms with E-state index in [9.17, 15) is 13.2 Å². The van der Waals surface area contributed by atoms with Crippen LogP contribution >= 0.6 is 0 Å². The predicted octanol–water partition coefficient (Wildman–Crippen LogP) is 2.70. The Balaban J connectivity index is 2.19. The lowest BCUT2D eigenvalue weighted by molar-refractivity contribution is -0.137. The molecule has 0 unspecified atom stereocenters. The second kappa shape index (κ2) is 5.00. The summed E-state index contributed by atoms with van der Waals surface area (Å²) in [6.07, 6.45) is -4.19. The summed E-state index contributed by atoms with van der Waals surface area (Å²) in [7, 11) is 0. The lowest BCUT2D eigenvalue weighted by Crippen LogP contribution is -2.06. The normalized spacial score (nSPS) is 13.5. The predicted molar refractivity (Wildman–Crippen MR) is 61.2 cm³/mol. The highest BCUT2D eigenvalue weighted by Crippen LogP contribution is 2.29. The van der Waals surface area contributed by atoms with Gasteiger partial charge in [0.05, 0.1) is 11.6 Å². The van der Waals surface area contributed by atoms with E-state index in [0.29, 0.717) is 11.4 Å². The smallest absolute Gasteiger partial charge is 0.338 e. The van der Waals surface area contributed by atoms with Crippen LogP contribution < -0.4 is 5.73 Å². The maximum absolute atomic E-state index is 12.6. The largest absolute Gasteiger partial charge is 0.416 e. The van der Waals surface area contributed by atoms with Gasteiger partial charge in [-0.2, -0.15) is 18.2 Å². The molecule has 0 fully saturated rings. The molecule has 0 saturated carbocycles. The SMILES string of the molecule is C[C@@H](N)c1nc(Cc2cccc(C(F)(F)F)c2)no1. The number of nitrogens with two attached hydrogens (primary N) is 1. The number of nitrogens with zero attached hydrogens (tertiary/aromatic N) is 2. The summed E-state index contributed by atoms with van der Waals surface area (Å²) in [5, 5.41) is 3.68. The van der Waals surface area contributed by atoms with Crippen LogP contribution in [0.1, 0.15) is 35.8 Å². The zero-order chi connectivity index (χ0) is 14.0. The summed E-state index contributed by atoms with van der Waals surface area (Å²) in [4.78, 5) is 4.01. The molecule has 0 aliphatic carbocycles. The number of aromatic nitrogens is 2. The van der Waals surface area contributed by atoms with Crippen molar-refractivity contribution >= 4 is 0 Å². The number of halogens is 3. The van der Waals surface area contributed by atoms with Crippen LogP contribution in [0.2, 0.25) is 0 Å². The number of hydrogen-bond donors (Lipinski definition) is 1. The van der Waals surface area contributed by atoms with Crippen molar-refractivity contribution in [3.63, 3.8) is 0 Å². The molecule has 0 amide bonds. The van der Waals surface area contributed by atoms with Crippen LogP contribution in [-0.4, -0.2) is 10.1 Å². The molecule has 19 heavy (non-hydrogen) atoms. The molecular formula is C12H12F3N3O. The maximum atomic E-state index is 12.6. The Kier molecular flexibility index (Phi) is 3.57. The molecule has 102 valence electrons. The topological polar surface area (TPSA) is 64.9 Å². The summed E-state index contributed by atoms with van der Waals surface area (Å²) < 4.78 is 42.5. The first-order valence-corrected chi connectivity index (χ1v) is 5.60. The molecule has 1 aromatic carbocycles. The summed E-state index contributed by atoms with van der Waals surface area (Å²) >= 11 is 0. The van der Waals surface area contributed by atoms with Gasteiger partial charge in [-0.15, -0.1) is 0 Å². The standard InChI is InChI=1S/C12H12F3N3O/c1-7(16)11-17-10(18-19-11)6-8-3-2-4-9(5-8)12(13,14)15/h2-5,7H,6,16H2,1H3/t7-/m1/s1. The Morgan fingerprint density at radius 3 is 2.68 bits per heavy atom. The third-order valence-electron chi connectivity index (χ3n) is 2.49. The Hall–Kier alpha value is -1.89. The average Bonchev–Trinajstić information content (AvgIpc) is 2.77. The summed E-state index contributed by atoms with van der Waals surface area (Å²) in [6.45, 7) is 1.68. The monoisotopic (exact) mass is 271 g/mol. The zero-order valence-corrected chi connectivity index (χ0v) is 10.1. The molecule has 0 bridgehead atoms. The molecule has 4 nitrogen and oxygen atoms in total. The van der Waals surface area contributed by atoms with E-state index in [1.54, 1.807) is 13.0 Å². The van der Waals surface area contributed by atoms with Gasteiger partial charge in [0.2, 0.25) is 5.89 Å². The van der Waals surface area contributed by atoms with Crippen LogP contribution in [0.3, 0.4) is 0 Å². The Bertz CT molecular complexity index is 563. The van der Waals surface area contributed by atoms with Crippen molar-refractivity contribution in [2.75, 3.05) is 0 Å². The number of hydrogen-bond acceptors (Lipinski definition) is 4. The second-order valence-electron chi connectivity index (χ2n) is 4.21. The van der Waals surface area contributed by atoms with Crippen LogP contribution in [0, 0.1) is 0 Å². The maximum Gasteiger partial charge on any atom is 0.416 e. The fourth-order valence-corrected chi connectivity index (χ4v) is 1.56. The average molecular weight is 271 g/mol. The molecule has 0 spiro atoms. The first kappa shape index (κ1) is 13.5. The van der Waals surface area contributed by atoms with Gasteiger partial charge in [0, 0.05) is 6.42 Å². The molecule has 2 rings (SSSR count). The zero-order valence-electron chi connectivity index (χ0n) is 10.1. The van der Waals surface area contributed by atoms with E-state index in [4.69, 9.17) is 10.3 Å². The quantitative estimate of drug-likeness (QED) is 0.932. The molecule has 2 N–H and O–H groups in total. The Morgan fingerprint density at radius 1 is 1.37 bits per heavy atom. The molecule has 0 radical (unpaired) electrons. The molecular weight excluding hydrogens is 259 g/mol. The van der Waals surface area contributed by atoms with E-state index in [-0.39, 0.29) is 12.3 Å². The number of benzene rings is 1. The first-order valence-electron chi connectivity index (χ1n) is 5.60. The van der Waals surface area contributed by atoms with Crippen molar-refractivity contribution in [3.05, 3.63) is 47.1 Å². The van der Waals surface area contributed by atoms with Gasteiger partial charge >= 0.3 is 6.18 Å². The van der Waals surface area contributed by atoms with Gasteiger partial charge in [-0.05, 0) is 18.6 Å². The van der Waals surface area contributed by atoms with Gasteiger partial charge in [0.15, 0.2) is 5.82 Å². The van der Waals surface area contributed by atoms with Crippen molar-refractivity contribution in [1.29, 1.82) is 0 Å². The summed E-state index contributed by atoms with van der Waals surface area (Å²) in [5.74, 6) is 0.577. The highest BCUT2D eigenvalue weighted by atomic mass is 19.4. The number of rotatable bonds is 3. The molecule has 1 atom stereocenters. The van der Waals surface area contributed by atoms with Gasteiger partial charge in [-0.25, -0.2) is 0 Å². The minimum absolute atomic E-state index is 0.167. The van der Waals surface area contributed by atoms with Gasteiger partial charge in [-0.3, -0.25) is 0 Å². The third-order valence-corrected chi connectivity index (χ3v) is 2.49. The Morgan fingerprint density at radius 2 is 2.11 bits per heavy atom. The lowest BCUT2D eigenvalue weighted by Gasteiger charge is -2.07. The molecule has 1 heterocycles. The van der Waals surface area contributed by atoms with E-state index >= 15 is 0 Å². The minimum atomic E-state index is -4.36. The van der Waals surface area contributed by atoms with E-state index < -0.39 is 17.8 Å². The van der Waals surface area contributed by atoms with E-state index in [1.165, 1.54) is 6.07 Å². The van der Waals surface area contributed by atoms with Crippen LogP contribution in [0.25, 0.3) is 0 Å². The van der Waals surface area contributed by atoms with Gasteiger partial charge in [-0.1, -0.05) is 23.4 Å². The van der Waals surface area contributed by atoms with E-state index in [1.807, 2.05) is 0 Å². The van der Waals surface area contributed by atoms with Crippen LogP contribution in [0.4, 0.5) is 13.2 Å². The van der Waals surface area contributed by atoms with E-state index in [0.717, 1.165) is 12.1 Å².